The number of oxime groups is 1. The Kier molecular flexibility index (Phi) is 5.51. The van der Waals surface area contributed by atoms with E-state index in [9.17, 15) is 10.1 Å². The van der Waals surface area contributed by atoms with Crippen LogP contribution in [0.1, 0.15) is 31.4 Å². The van der Waals surface area contributed by atoms with Gasteiger partial charge in [-0.15, -0.1) is 0 Å². The molecular weight excluding hydrogens is 274 g/mol. The lowest BCUT2D eigenvalue weighted by atomic mass is 10.1. The van der Waals surface area contributed by atoms with Crippen LogP contribution in [0.5, 0.6) is 0 Å². The molecule has 1 fully saturated rings. The maximum Gasteiger partial charge on any atom is 0.433 e. The van der Waals surface area contributed by atoms with E-state index >= 15 is 0 Å². The first-order valence-corrected chi connectivity index (χ1v) is 7.04. The van der Waals surface area contributed by atoms with Crippen molar-refractivity contribution in [3.05, 3.63) is 34.1 Å². The van der Waals surface area contributed by atoms with Gasteiger partial charge in [-0.3, -0.25) is 10.1 Å². The van der Waals surface area contributed by atoms with Crippen molar-refractivity contribution in [2.24, 2.45) is 5.16 Å². The van der Waals surface area contributed by atoms with Crippen molar-refractivity contribution in [3.63, 3.8) is 0 Å². The van der Waals surface area contributed by atoms with Gasteiger partial charge < -0.3 is 14.5 Å². The number of furan rings is 1. The molecule has 7 nitrogen and oxygen atoms in total. The molecule has 1 aromatic rings. The standard InChI is InChI=1S/C14H19N3O4/c18-15-12(8-11-16-9-2-1-3-10-16)4-5-13-6-7-14(21-13)17(19)20/h4-7,18H,1-3,8-11H2/b5-4-,15-12+. The number of nitrogens with zero attached hydrogens (tertiary/aromatic N) is 3. The summed E-state index contributed by atoms with van der Waals surface area (Å²) in [6.45, 7) is 3.03. The summed E-state index contributed by atoms with van der Waals surface area (Å²) in [4.78, 5) is 12.3. The molecule has 1 aliphatic rings. The van der Waals surface area contributed by atoms with Gasteiger partial charge in [-0.25, -0.2) is 0 Å². The van der Waals surface area contributed by atoms with Crippen molar-refractivity contribution in [3.8, 4) is 0 Å². The molecule has 114 valence electrons. The predicted octanol–water partition coefficient (Wildman–Crippen LogP) is 2.91. The van der Waals surface area contributed by atoms with Crippen molar-refractivity contribution in [1.82, 2.24) is 4.90 Å². The summed E-state index contributed by atoms with van der Waals surface area (Å²) in [6, 6.07) is 2.80. The van der Waals surface area contributed by atoms with Crippen LogP contribution in [0.25, 0.3) is 6.08 Å². The minimum atomic E-state index is -0.589. The smallest absolute Gasteiger partial charge is 0.411 e. The van der Waals surface area contributed by atoms with Gasteiger partial charge in [-0.2, -0.15) is 0 Å². The van der Waals surface area contributed by atoms with Gasteiger partial charge in [0.1, 0.15) is 10.7 Å². The molecule has 0 saturated carbocycles. The largest absolute Gasteiger partial charge is 0.433 e. The first kappa shape index (κ1) is 15.2. The van der Waals surface area contributed by atoms with E-state index < -0.39 is 4.92 Å². The van der Waals surface area contributed by atoms with Crippen molar-refractivity contribution in [1.29, 1.82) is 0 Å². The maximum atomic E-state index is 10.5. The topological polar surface area (TPSA) is 92.1 Å². The van der Waals surface area contributed by atoms with Crippen molar-refractivity contribution < 1.29 is 14.5 Å². The SMILES string of the molecule is O=[N+]([O-])c1ccc(/C=C\C(CCN2CCCCC2)=N/O)o1. The lowest BCUT2D eigenvalue weighted by Gasteiger charge is -2.26. The molecule has 0 bridgehead atoms. The van der Waals surface area contributed by atoms with Crippen molar-refractivity contribution in [2.75, 3.05) is 19.6 Å². The minimum absolute atomic E-state index is 0.301. The Hall–Kier alpha value is -2.15. The summed E-state index contributed by atoms with van der Waals surface area (Å²) in [5.41, 5.74) is 0.527. The van der Waals surface area contributed by atoms with Gasteiger partial charge in [0.25, 0.3) is 0 Å². The lowest BCUT2D eigenvalue weighted by molar-refractivity contribution is -0.402. The van der Waals surface area contributed by atoms with Gasteiger partial charge >= 0.3 is 5.88 Å². The summed E-state index contributed by atoms with van der Waals surface area (Å²) in [5, 5.41) is 22.8. The first-order chi connectivity index (χ1) is 10.2. The quantitative estimate of drug-likeness (QED) is 0.377. The fourth-order valence-corrected chi connectivity index (χ4v) is 2.33. The molecule has 0 unspecified atom stereocenters. The van der Waals surface area contributed by atoms with Crippen LogP contribution in [-0.4, -0.2) is 40.4 Å². The van der Waals surface area contributed by atoms with E-state index in [1.807, 2.05) is 0 Å². The van der Waals surface area contributed by atoms with Crippen molar-refractivity contribution >= 4 is 17.7 Å². The van der Waals surface area contributed by atoms with Crippen LogP contribution in [0.2, 0.25) is 0 Å². The van der Waals surface area contributed by atoms with Crippen LogP contribution in [0, 0.1) is 10.1 Å². The Labute approximate surface area is 122 Å². The zero-order valence-electron chi connectivity index (χ0n) is 11.8. The lowest BCUT2D eigenvalue weighted by Crippen LogP contribution is -2.31. The predicted molar refractivity (Wildman–Crippen MR) is 78.5 cm³/mol. The molecule has 1 aromatic heterocycles. The highest BCUT2D eigenvalue weighted by molar-refractivity contribution is 5.97. The van der Waals surface area contributed by atoms with Gasteiger partial charge in [-0.05, 0) is 44.1 Å². The monoisotopic (exact) mass is 293 g/mol. The van der Waals surface area contributed by atoms with Crippen LogP contribution in [0.3, 0.4) is 0 Å². The van der Waals surface area contributed by atoms with Crippen LogP contribution in [0.15, 0.2) is 27.8 Å². The Morgan fingerprint density at radius 2 is 2.19 bits per heavy atom. The number of hydrogen-bond donors (Lipinski definition) is 1. The number of rotatable bonds is 6. The molecule has 0 aromatic carbocycles. The van der Waals surface area contributed by atoms with E-state index in [0.717, 1.165) is 19.6 Å². The van der Waals surface area contributed by atoms with E-state index in [1.165, 1.54) is 31.4 Å². The Balaban J connectivity index is 1.85. The van der Waals surface area contributed by atoms with E-state index in [4.69, 9.17) is 9.62 Å². The van der Waals surface area contributed by atoms with Crippen LogP contribution in [-0.2, 0) is 0 Å². The van der Waals surface area contributed by atoms with E-state index in [0.29, 0.717) is 17.9 Å². The Morgan fingerprint density at radius 1 is 1.43 bits per heavy atom. The zero-order valence-corrected chi connectivity index (χ0v) is 11.8. The van der Waals surface area contributed by atoms with Crippen LogP contribution >= 0.6 is 0 Å². The third-order valence-electron chi connectivity index (χ3n) is 3.49. The maximum absolute atomic E-state index is 10.5. The first-order valence-electron chi connectivity index (χ1n) is 7.04. The second-order valence-electron chi connectivity index (χ2n) is 5.01. The molecule has 0 radical (unpaired) electrons. The van der Waals surface area contributed by atoms with E-state index in [2.05, 4.69) is 10.1 Å². The number of nitro groups is 1. The van der Waals surface area contributed by atoms with Crippen molar-refractivity contribution in [2.45, 2.75) is 25.7 Å². The van der Waals surface area contributed by atoms with Gasteiger partial charge in [0.05, 0.1) is 11.8 Å². The highest BCUT2D eigenvalue weighted by Gasteiger charge is 2.11. The van der Waals surface area contributed by atoms with Gasteiger partial charge in [0, 0.05) is 13.0 Å². The molecule has 1 aliphatic heterocycles. The van der Waals surface area contributed by atoms with Crippen LogP contribution < -0.4 is 0 Å². The molecule has 1 N–H and O–H groups in total. The van der Waals surface area contributed by atoms with Crippen LogP contribution in [0.4, 0.5) is 5.88 Å². The normalized spacial score (nSPS) is 17.4. The van der Waals surface area contributed by atoms with E-state index in [1.54, 1.807) is 12.2 Å². The second kappa shape index (κ2) is 7.58. The molecule has 0 atom stereocenters. The number of allylic oxidation sites excluding steroid dienone is 1. The van der Waals surface area contributed by atoms with E-state index in [-0.39, 0.29) is 5.88 Å². The summed E-state index contributed by atoms with van der Waals surface area (Å²) >= 11 is 0. The average Bonchev–Trinajstić information content (AvgIpc) is 2.98. The molecule has 2 rings (SSSR count). The molecule has 7 heteroatoms. The minimum Gasteiger partial charge on any atom is -0.411 e. The molecular formula is C14H19N3O4. The zero-order chi connectivity index (χ0) is 15.1. The Bertz CT molecular complexity index is 530. The average molecular weight is 293 g/mol. The van der Waals surface area contributed by atoms with Gasteiger partial charge in [0.2, 0.25) is 0 Å². The Morgan fingerprint density at radius 3 is 2.81 bits per heavy atom. The number of likely N-dealkylation sites (tertiary alicyclic amines) is 1. The van der Waals surface area contributed by atoms with Gasteiger partial charge in [-0.1, -0.05) is 11.6 Å². The fourth-order valence-electron chi connectivity index (χ4n) is 2.33. The fraction of sp³-hybridized carbons (Fsp3) is 0.500. The summed E-state index contributed by atoms with van der Waals surface area (Å²) in [5.74, 6) is 0.0614. The summed E-state index contributed by atoms with van der Waals surface area (Å²) in [6.07, 6.45) is 7.55. The highest BCUT2D eigenvalue weighted by Crippen LogP contribution is 2.17. The second-order valence-corrected chi connectivity index (χ2v) is 5.01. The molecule has 0 amide bonds. The van der Waals surface area contributed by atoms with Gasteiger partial charge in [0.15, 0.2) is 0 Å². The molecule has 0 spiro atoms. The third-order valence-corrected chi connectivity index (χ3v) is 3.49. The number of piperidine rings is 1. The third kappa shape index (κ3) is 4.71. The summed E-state index contributed by atoms with van der Waals surface area (Å²) < 4.78 is 5.00. The number of hydrogen-bond acceptors (Lipinski definition) is 6. The highest BCUT2D eigenvalue weighted by atomic mass is 16.6. The molecule has 0 aliphatic carbocycles. The molecule has 21 heavy (non-hydrogen) atoms. The molecule has 2 heterocycles. The summed E-state index contributed by atoms with van der Waals surface area (Å²) in [7, 11) is 0. The molecule has 1 saturated heterocycles.